The van der Waals surface area contributed by atoms with Gasteiger partial charge in [0.25, 0.3) is 5.69 Å². The summed E-state index contributed by atoms with van der Waals surface area (Å²) < 4.78 is 0. The summed E-state index contributed by atoms with van der Waals surface area (Å²) in [6, 6.07) is 20.3. The van der Waals surface area contributed by atoms with Crippen molar-refractivity contribution in [3.63, 3.8) is 0 Å². The van der Waals surface area contributed by atoms with Gasteiger partial charge in [-0.1, -0.05) is 54.1 Å². The number of nitro groups is 1. The van der Waals surface area contributed by atoms with Crippen LogP contribution >= 0.6 is 11.6 Å². The van der Waals surface area contributed by atoms with Crippen LogP contribution in [0, 0.1) is 10.1 Å². The number of nitrogens with zero attached hydrogens (tertiary/aromatic N) is 3. The molecule has 3 aromatic carbocycles. The average Bonchev–Trinajstić information content (AvgIpc) is 2.82. The fraction of sp³-hybridized carbons (Fsp3) is 0.208. The van der Waals surface area contributed by atoms with E-state index in [1.165, 1.54) is 12.1 Å². The Labute approximate surface area is 196 Å². The monoisotopic (exact) mass is 466 g/mol. The van der Waals surface area contributed by atoms with Crippen LogP contribution in [0.2, 0.25) is 5.02 Å². The number of hydrogen-bond acceptors (Lipinski definition) is 6. The highest BCUT2D eigenvalue weighted by Crippen LogP contribution is 2.31. The molecule has 8 nitrogen and oxygen atoms in total. The standard InChI is InChI=1S/C24H23ClN4O4/c25-19-11-10-18(16-21(19)29(32)33)26-24(31)23(17-6-2-1-3-7-17)28-14-12-27(13-15-28)20-8-4-5-9-22(20)30/h1-11,16,23,30H,12-15H2,(H,26,31)/t23-/m0/s1. The van der Waals surface area contributed by atoms with Crippen molar-refractivity contribution in [3.8, 4) is 5.75 Å². The number of rotatable bonds is 6. The zero-order chi connectivity index (χ0) is 23.4. The van der Waals surface area contributed by atoms with Gasteiger partial charge in [-0.3, -0.25) is 19.8 Å². The Kier molecular flexibility index (Phi) is 6.76. The van der Waals surface area contributed by atoms with Crippen molar-refractivity contribution in [1.29, 1.82) is 0 Å². The molecule has 0 spiro atoms. The molecule has 1 heterocycles. The number of phenolic OH excluding ortho intramolecular Hbond substituents is 1. The third-order valence-electron chi connectivity index (χ3n) is 5.68. The Hall–Kier alpha value is -3.62. The van der Waals surface area contributed by atoms with Crippen LogP contribution in [0.25, 0.3) is 0 Å². The zero-order valence-corrected chi connectivity index (χ0v) is 18.5. The molecule has 9 heteroatoms. The molecule has 0 saturated carbocycles. The summed E-state index contributed by atoms with van der Waals surface area (Å²) in [7, 11) is 0. The summed E-state index contributed by atoms with van der Waals surface area (Å²) in [6.45, 7) is 2.48. The Bertz CT molecular complexity index is 1150. The number of phenols is 1. The van der Waals surface area contributed by atoms with Crippen molar-refractivity contribution >= 4 is 34.6 Å². The van der Waals surface area contributed by atoms with Crippen molar-refractivity contribution in [3.05, 3.63) is 93.5 Å². The first-order valence-electron chi connectivity index (χ1n) is 10.5. The molecule has 0 bridgehead atoms. The summed E-state index contributed by atoms with van der Waals surface area (Å²) in [5, 5.41) is 24.2. The second-order valence-corrected chi connectivity index (χ2v) is 8.14. The molecule has 33 heavy (non-hydrogen) atoms. The first-order chi connectivity index (χ1) is 15.9. The van der Waals surface area contributed by atoms with Gasteiger partial charge in [0.2, 0.25) is 5.91 Å². The van der Waals surface area contributed by atoms with E-state index in [9.17, 15) is 20.0 Å². The largest absolute Gasteiger partial charge is 0.506 e. The fourth-order valence-corrected chi connectivity index (χ4v) is 4.24. The van der Waals surface area contributed by atoms with Crippen LogP contribution in [-0.2, 0) is 4.79 Å². The minimum absolute atomic E-state index is 0.0119. The lowest BCUT2D eigenvalue weighted by molar-refractivity contribution is -0.384. The smallest absolute Gasteiger partial charge is 0.289 e. The van der Waals surface area contributed by atoms with E-state index >= 15 is 0 Å². The lowest BCUT2D eigenvalue weighted by Crippen LogP contribution is -2.50. The molecule has 0 aliphatic carbocycles. The van der Waals surface area contributed by atoms with Gasteiger partial charge in [0.15, 0.2) is 0 Å². The summed E-state index contributed by atoms with van der Waals surface area (Å²) in [5.41, 5.74) is 1.65. The first kappa shape index (κ1) is 22.6. The average molecular weight is 467 g/mol. The van der Waals surface area contributed by atoms with E-state index in [2.05, 4.69) is 15.1 Å². The van der Waals surface area contributed by atoms with E-state index in [-0.39, 0.29) is 22.4 Å². The van der Waals surface area contributed by atoms with Gasteiger partial charge in [0, 0.05) is 37.9 Å². The maximum atomic E-state index is 13.4. The van der Waals surface area contributed by atoms with Gasteiger partial charge >= 0.3 is 0 Å². The van der Waals surface area contributed by atoms with E-state index < -0.39 is 11.0 Å². The third-order valence-corrected chi connectivity index (χ3v) is 6.00. The molecule has 1 saturated heterocycles. The highest BCUT2D eigenvalue weighted by atomic mass is 35.5. The number of aromatic hydroxyl groups is 1. The topological polar surface area (TPSA) is 98.9 Å². The van der Waals surface area contributed by atoms with Gasteiger partial charge in [-0.15, -0.1) is 0 Å². The van der Waals surface area contributed by atoms with Gasteiger partial charge in [0.05, 0.1) is 10.6 Å². The number of nitro benzene ring substituents is 1. The molecule has 0 unspecified atom stereocenters. The van der Waals surface area contributed by atoms with Crippen LogP contribution in [0.4, 0.5) is 17.1 Å². The van der Waals surface area contributed by atoms with Crippen molar-refractivity contribution < 1.29 is 14.8 Å². The molecule has 1 amide bonds. The highest BCUT2D eigenvalue weighted by molar-refractivity contribution is 6.32. The van der Waals surface area contributed by atoms with Crippen molar-refractivity contribution in [2.45, 2.75) is 6.04 Å². The number of carbonyl (C=O) groups excluding carboxylic acids is 1. The van der Waals surface area contributed by atoms with E-state index in [0.717, 1.165) is 11.3 Å². The molecule has 1 aliphatic heterocycles. The van der Waals surface area contributed by atoms with E-state index in [1.807, 2.05) is 42.5 Å². The number of carbonyl (C=O) groups is 1. The van der Waals surface area contributed by atoms with Crippen LogP contribution < -0.4 is 10.2 Å². The van der Waals surface area contributed by atoms with Crippen molar-refractivity contribution in [1.82, 2.24) is 4.90 Å². The Morgan fingerprint density at radius 1 is 1.00 bits per heavy atom. The van der Waals surface area contributed by atoms with E-state index in [4.69, 9.17) is 11.6 Å². The molecule has 1 fully saturated rings. The van der Waals surface area contributed by atoms with Gasteiger partial charge in [-0.05, 0) is 29.8 Å². The van der Waals surface area contributed by atoms with E-state index in [1.54, 1.807) is 18.2 Å². The number of amides is 1. The Morgan fingerprint density at radius 3 is 2.33 bits per heavy atom. The molecule has 170 valence electrons. The normalized spacial score (nSPS) is 15.1. The molecule has 0 radical (unpaired) electrons. The molecule has 2 N–H and O–H groups in total. The molecule has 3 aromatic rings. The van der Waals surface area contributed by atoms with Gasteiger partial charge in [0.1, 0.15) is 16.8 Å². The lowest BCUT2D eigenvalue weighted by Gasteiger charge is -2.39. The molecule has 1 atom stereocenters. The minimum Gasteiger partial charge on any atom is -0.506 e. The maximum Gasteiger partial charge on any atom is 0.289 e. The van der Waals surface area contributed by atoms with Gasteiger partial charge < -0.3 is 15.3 Å². The van der Waals surface area contributed by atoms with Crippen molar-refractivity contribution in [2.75, 3.05) is 36.4 Å². The number of hydrogen-bond donors (Lipinski definition) is 2. The second-order valence-electron chi connectivity index (χ2n) is 7.74. The third kappa shape index (κ3) is 5.08. The van der Waals surface area contributed by atoms with Gasteiger partial charge in [-0.25, -0.2) is 0 Å². The number of para-hydroxylation sites is 2. The minimum atomic E-state index is -0.578. The molecule has 0 aromatic heterocycles. The number of nitrogens with one attached hydrogen (secondary N) is 1. The van der Waals surface area contributed by atoms with Crippen LogP contribution in [0.15, 0.2) is 72.8 Å². The van der Waals surface area contributed by atoms with Crippen LogP contribution in [0.3, 0.4) is 0 Å². The number of anilines is 2. The molecular formula is C24H23ClN4O4. The van der Waals surface area contributed by atoms with Crippen LogP contribution in [-0.4, -0.2) is 47.0 Å². The summed E-state index contributed by atoms with van der Waals surface area (Å²) >= 11 is 5.90. The summed E-state index contributed by atoms with van der Waals surface area (Å²) in [6.07, 6.45) is 0. The number of benzene rings is 3. The predicted molar refractivity (Wildman–Crippen MR) is 128 cm³/mol. The maximum absolute atomic E-state index is 13.4. The van der Waals surface area contributed by atoms with Crippen molar-refractivity contribution in [2.24, 2.45) is 0 Å². The van der Waals surface area contributed by atoms with E-state index in [0.29, 0.717) is 31.9 Å². The summed E-state index contributed by atoms with van der Waals surface area (Å²) in [4.78, 5) is 28.2. The Morgan fingerprint density at radius 2 is 1.67 bits per heavy atom. The number of halogens is 1. The fourth-order valence-electron chi connectivity index (χ4n) is 4.06. The number of piperazine rings is 1. The Balaban J connectivity index is 1.54. The molecule has 4 rings (SSSR count). The first-order valence-corrected chi connectivity index (χ1v) is 10.9. The van der Waals surface area contributed by atoms with Crippen LogP contribution in [0.5, 0.6) is 5.75 Å². The second kappa shape index (κ2) is 9.89. The molecule has 1 aliphatic rings. The lowest BCUT2D eigenvalue weighted by atomic mass is 10.0. The van der Waals surface area contributed by atoms with Crippen LogP contribution in [0.1, 0.15) is 11.6 Å². The zero-order valence-electron chi connectivity index (χ0n) is 17.7. The summed E-state index contributed by atoms with van der Waals surface area (Å²) in [5.74, 6) is -0.0542. The predicted octanol–water partition coefficient (Wildman–Crippen LogP) is 4.46. The molecular weight excluding hydrogens is 444 g/mol. The highest BCUT2D eigenvalue weighted by Gasteiger charge is 2.31. The SMILES string of the molecule is O=C(Nc1ccc(Cl)c([N+](=O)[O-])c1)[C@H](c1ccccc1)N1CCN(c2ccccc2O)CC1. The quantitative estimate of drug-likeness (QED) is 0.411. The van der Waals surface area contributed by atoms with Gasteiger partial charge in [-0.2, -0.15) is 0 Å².